The predicted molar refractivity (Wildman–Crippen MR) is 69.2 cm³/mol. The second-order valence-corrected chi connectivity index (χ2v) is 5.32. The normalized spacial score (nSPS) is 12.2. The lowest BCUT2D eigenvalue weighted by Crippen LogP contribution is -2.31. The Morgan fingerprint density at radius 1 is 1.56 bits per heavy atom. The number of thioether (sulfide) groups is 1. The van der Waals surface area contributed by atoms with Crippen LogP contribution < -0.4 is 11.3 Å². The van der Waals surface area contributed by atoms with Crippen LogP contribution >= 0.6 is 23.4 Å². The number of amides is 1. The lowest BCUT2D eigenvalue weighted by molar-refractivity contribution is -0.121. The summed E-state index contributed by atoms with van der Waals surface area (Å²) >= 11 is 7.71. The monoisotopic (exact) mass is 258 g/mol. The SMILES string of the molecule is CC(CC(=O)NN)SCc1ccccc1Cl. The number of benzene rings is 1. The number of carbonyl (C=O) groups is 1. The summed E-state index contributed by atoms with van der Waals surface area (Å²) in [5.41, 5.74) is 3.22. The van der Waals surface area contributed by atoms with E-state index in [2.05, 4.69) is 5.43 Å². The molecule has 0 fully saturated rings. The minimum Gasteiger partial charge on any atom is -0.294 e. The van der Waals surface area contributed by atoms with E-state index in [0.29, 0.717) is 6.42 Å². The summed E-state index contributed by atoms with van der Waals surface area (Å²) in [5.74, 6) is 5.69. The van der Waals surface area contributed by atoms with Gasteiger partial charge in [-0.25, -0.2) is 5.84 Å². The molecule has 1 atom stereocenters. The van der Waals surface area contributed by atoms with Crippen LogP contribution in [0, 0.1) is 0 Å². The summed E-state index contributed by atoms with van der Waals surface area (Å²) in [6.07, 6.45) is 0.422. The van der Waals surface area contributed by atoms with Crippen molar-refractivity contribution in [3.05, 3.63) is 34.9 Å². The highest BCUT2D eigenvalue weighted by Gasteiger charge is 2.09. The fraction of sp³-hybridized carbons (Fsp3) is 0.364. The summed E-state index contributed by atoms with van der Waals surface area (Å²) in [6, 6.07) is 7.72. The third-order valence-corrected chi connectivity index (χ3v) is 3.70. The van der Waals surface area contributed by atoms with Gasteiger partial charge in [0.25, 0.3) is 0 Å². The molecule has 0 aliphatic rings. The lowest BCUT2D eigenvalue weighted by Gasteiger charge is -2.10. The van der Waals surface area contributed by atoms with Crippen LogP contribution in [0.5, 0.6) is 0 Å². The summed E-state index contributed by atoms with van der Waals surface area (Å²) < 4.78 is 0. The van der Waals surface area contributed by atoms with Gasteiger partial charge in [0.05, 0.1) is 0 Å². The molecule has 3 nitrogen and oxygen atoms in total. The number of hydrazine groups is 1. The van der Waals surface area contributed by atoms with Gasteiger partial charge in [-0.3, -0.25) is 10.2 Å². The van der Waals surface area contributed by atoms with Gasteiger partial charge < -0.3 is 0 Å². The molecule has 3 N–H and O–H groups in total. The highest BCUT2D eigenvalue weighted by Crippen LogP contribution is 2.24. The zero-order valence-electron chi connectivity index (χ0n) is 9.07. The molecule has 1 amide bonds. The smallest absolute Gasteiger partial charge is 0.234 e. The molecule has 1 aromatic rings. The van der Waals surface area contributed by atoms with E-state index in [1.54, 1.807) is 11.8 Å². The van der Waals surface area contributed by atoms with Crippen molar-refractivity contribution in [3.63, 3.8) is 0 Å². The van der Waals surface area contributed by atoms with E-state index < -0.39 is 0 Å². The van der Waals surface area contributed by atoms with Crippen LogP contribution in [0.3, 0.4) is 0 Å². The standard InChI is InChI=1S/C11H15ClN2OS/c1-8(6-11(15)14-13)16-7-9-4-2-3-5-10(9)12/h2-5,8H,6-7,13H2,1H3,(H,14,15). The Hall–Kier alpha value is -0.710. The van der Waals surface area contributed by atoms with Gasteiger partial charge in [0.1, 0.15) is 0 Å². The fourth-order valence-corrected chi connectivity index (χ4v) is 2.49. The van der Waals surface area contributed by atoms with Gasteiger partial charge in [-0.15, -0.1) is 0 Å². The first-order valence-electron chi connectivity index (χ1n) is 4.98. The molecule has 0 bridgehead atoms. The zero-order chi connectivity index (χ0) is 12.0. The third-order valence-electron chi connectivity index (χ3n) is 2.12. The number of hydrogen-bond acceptors (Lipinski definition) is 3. The molecule has 1 unspecified atom stereocenters. The van der Waals surface area contributed by atoms with Crippen LogP contribution in [0.4, 0.5) is 0 Å². The average molecular weight is 259 g/mol. The fourth-order valence-electron chi connectivity index (χ4n) is 1.23. The van der Waals surface area contributed by atoms with Gasteiger partial charge in [-0.05, 0) is 11.6 Å². The van der Waals surface area contributed by atoms with Crippen LogP contribution in [0.1, 0.15) is 18.9 Å². The molecule has 0 saturated heterocycles. The van der Waals surface area contributed by atoms with E-state index in [0.717, 1.165) is 16.3 Å². The largest absolute Gasteiger partial charge is 0.294 e. The van der Waals surface area contributed by atoms with Crippen molar-refractivity contribution >= 4 is 29.3 Å². The highest BCUT2D eigenvalue weighted by atomic mass is 35.5. The Labute approximate surface area is 105 Å². The number of carbonyl (C=O) groups excluding carboxylic acids is 1. The molecule has 0 aliphatic heterocycles. The second kappa shape index (κ2) is 6.78. The van der Waals surface area contributed by atoms with Crippen molar-refractivity contribution in [1.29, 1.82) is 0 Å². The van der Waals surface area contributed by atoms with E-state index >= 15 is 0 Å². The van der Waals surface area contributed by atoms with Gasteiger partial charge in [-0.2, -0.15) is 11.8 Å². The molecule has 1 rings (SSSR count). The minimum atomic E-state index is -0.140. The van der Waals surface area contributed by atoms with Gasteiger partial charge in [0.15, 0.2) is 0 Å². The summed E-state index contributed by atoms with van der Waals surface area (Å²) in [4.78, 5) is 11.0. The Bertz CT molecular complexity index is 360. The van der Waals surface area contributed by atoms with E-state index in [9.17, 15) is 4.79 Å². The number of halogens is 1. The molecule has 0 radical (unpaired) electrons. The zero-order valence-corrected chi connectivity index (χ0v) is 10.6. The minimum absolute atomic E-state index is 0.140. The predicted octanol–water partition coefficient (Wildman–Crippen LogP) is 2.34. The first-order valence-corrected chi connectivity index (χ1v) is 6.40. The molecule has 0 spiro atoms. The van der Waals surface area contributed by atoms with Crippen LogP contribution in [0.2, 0.25) is 5.02 Å². The highest BCUT2D eigenvalue weighted by molar-refractivity contribution is 7.99. The molecule has 0 saturated carbocycles. The molecule has 1 aromatic carbocycles. The maximum atomic E-state index is 11.0. The van der Waals surface area contributed by atoms with Crippen molar-refractivity contribution in [1.82, 2.24) is 5.43 Å². The molecule has 0 aromatic heterocycles. The van der Waals surface area contributed by atoms with Crippen molar-refractivity contribution in [2.45, 2.75) is 24.3 Å². The van der Waals surface area contributed by atoms with Crippen molar-refractivity contribution in [2.24, 2.45) is 5.84 Å². The van der Waals surface area contributed by atoms with Crippen molar-refractivity contribution in [3.8, 4) is 0 Å². The van der Waals surface area contributed by atoms with Crippen molar-refractivity contribution in [2.75, 3.05) is 0 Å². The topological polar surface area (TPSA) is 55.1 Å². The van der Waals surface area contributed by atoms with Crippen LogP contribution in [0.25, 0.3) is 0 Å². The van der Waals surface area contributed by atoms with E-state index in [-0.39, 0.29) is 11.2 Å². The van der Waals surface area contributed by atoms with Gasteiger partial charge in [-0.1, -0.05) is 36.7 Å². The van der Waals surface area contributed by atoms with Gasteiger partial charge in [0.2, 0.25) is 5.91 Å². The van der Waals surface area contributed by atoms with E-state index in [1.807, 2.05) is 31.2 Å². The Balaban J connectivity index is 2.40. The number of nitrogens with two attached hydrogens (primary N) is 1. The molecule has 0 heterocycles. The Morgan fingerprint density at radius 2 is 2.25 bits per heavy atom. The lowest BCUT2D eigenvalue weighted by atomic mass is 10.2. The van der Waals surface area contributed by atoms with Crippen LogP contribution in [0.15, 0.2) is 24.3 Å². The second-order valence-electron chi connectivity index (χ2n) is 3.48. The Morgan fingerprint density at radius 3 is 2.88 bits per heavy atom. The third kappa shape index (κ3) is 4.43. The molecular weight excluding hydrogens is 244 g/mol. The van der Waals surface area contributed by atoms with E-state index in [1.165, 1.54) is 0 Å². The quantitative estimate of drug-likeness (QED) is 0.484. The maximum Gasteiger partial charge on any atom is 0.234 e. The molecule has 16 heavy (non-hydrogen) atoms. The van der Waals surface area contributed by atoms with Gasteiger partial charge in [0, 0.05) is 22.4 Å². The average Bonchev–Trinajstić information content (AvgIpc) is 2.28. The number of hydrogen-bond donors (Lipinski definition) is 2. The Kier molecular flexibility index (Phi) is 5.66. The van der Waals surface area contributed by atoms with E-state index in [4.69, 9.17) is 17.4 Å². The van der Waals surface area contributed by atoms with Gasteiger partial charge >= 0.3 is 0 Å². The number of nitrogens with one attached hydrogen (secondary N) is 1. The first-order chi connectivity index (χ1) is 7.63. The maximum absolute atomic E-state index is 11.0. The molecule has 5 heteroatoms. The van der Waals surface area contributed by atoms with Crippen molar-refractivity contribution < 1.29 is 4.79 Å². The number of rotatable bonds is 5. The summed E-state index contributed by atoms with van der Waals surface area (Å²) in [5, 5.41) is 0.991. The molecule has 0 aliphatic carbocycles. The molecular formula is C11H15ClN2OS. The summed E-state index contributed by atoms with van der Waals surface area (Å²) in [6.45, 7) is 2.00. The first kappa shape index (κ1) is 13.4. The summed E-state index contributed by atoms with van der Waals surface area (Å²) in [7, 11) is 0. The van der Waals surface area contributed by atoms with Crippen LogP contribution in [-0.4, -0.2) is 11.2 Å². The van der Waals surface area contributed by atoms with Crippen LogP contribution in [-0.2, 0) is 10.5 Å². The molecule has 88 valence electrons.